The van der Waals surface area contributed by atoms with Crippen LogP contribution in [0.4, 0.5) is 0 Å². The highest BCUT2D eigenvalue weighted by atomic mass is 79.9. The zero-order valence-electron chi connectivity index (χ0n) is 15.2. The summed E-state index contributed by atoms with van der Waals surface area (Å²) < 4.78 is 6.26. The Kier molecular flexibility index (Phi) is 6.85. The van der Waals surface area contributed by atoms with Crippen LogP contribution < -0.4 is 10.2 Å². The van der Waals surface area contributed by atoms with E-state index in [2.05, 4.69) is 38.6 Å². The van der Waals surface area contributed by atoms with Gasteiger partial charge in [-0.1, -0.05) is 82.1 Å². The number of benzene rings is 3. The number of hydrazone groups is 1. The van der Waals surface area contributed by atoms with E-state index in [1.165, 1.54) is 0 Å². The highest BCUT2D eigenvalue weighted by Crippen LogP contribution is 2.27. The summed E-state index contributed by atoms with van der Waals surface area (Å²) in [5, 5.41) is 4.57. The molecule has 0 aliphatic rings. The maximum Gasteiger partial charge on any atom is 0.277 e. The summed E-state index contributed by atoms with van der Waals surface area (Å²) in [5.74, 6) is 0.0801. The minimum absolute atomic E-state index is 0.176. The summed E-state index contributed by atoms with van der Waals surface area (Å²) in [5.41, 5.74) is 6.41. The Morgan fingerprint density at radius 3 is 2.39 bits per heavy atom. The highest BCUT2D eigenvalue weighted by Gasteiger charge is 2.07. The molecule has 1 amide bonds. The van der Waals surface area contributed by atoms with Gasteiger partial charge in [0, 0.05) is 4.47 Å². The van der Waals surface area contributed by atoms with Crippen molar-refractivity contribution in [3.63, 3.8) is 0 Å². The average molecular weight is 458 g/mol. The number of ether oxygens (including phenoxy) is 1. The summed E-state index contributed by atoms with van der Waals surface area (Å²) in [4.78, 5) is 12.0. The van der Waals surface area contributed by atoms with Crippen LogP contribution in [0.5, 0.6) is 5.75 Å². The molecule has 0 saturated heterocycles. The molecular formula is C22H18BrClN2O2. The first-order valence-electron chi connectivity index (χ1n) is 8.60. The van der Waals surface area contributed by atoms with E-state index in [-0.39, 0.29) is 12.5 Å². The number of nitrogens with zero attached hydrogens (tertiary/aromatic N) is 1. The fraction of sp³-hybridized carbons (Fsp3) is 0.0909. The first-order valence-corrected chi connectivity index (χ1v) is 9.77. The Labute approximate surface area is 177 Å². The first-order chi connectivity index (χ1) is 13.5. The Morgan fingerprint density at radius 2 is 1.71 bits per heavy atom. The number of carbonyl (C=O) groups is 1. The monoisotopic (exact) mass is 456 g/mol. The van der Waals surface area contributed by atoms with Crippen molar-refractivity contribution in [2.45, 2.75) is 6.92 Å². The van der Waals surface area contributed by atoms with E-state index in [1.807, 2.05) is 49.4 Å². The largest absolute Gasteiger partial charge is 0.482 e. The van der Waals surface area contributed by atoms with Gasteiger partial charge in [-0.25, -0.2) is 5.43 Å². The molecule has 0 bridgehead atoms. The number of carbonyl (C=O) groups excluding carboxylic acids is 1. The van der Waals surface area contributed by atoms with Crippen LogP contribution in [0.1, 0.15) is 12.5 Å². The zero-order valence-corrected chi connectivity index (χ0v) is 17.5. The third-order valence-electron chi connectivity index (χ3n) is 4.01. The molecule has 0 atom stereocenters. The van der Waals surface area contributed by atoms with Gasteiger partial charge >= 0.3 is 0 Å². The van der Waals surface area contributed by atoms with Crippen LogP contribution in [0.2, 0.25) is 5.02 Å². The minimum atomic E-state index is -0.362. The second-order valence-corrected chi connectivity index (χ2v) is 7.36. The van der Waals surface area contributed by atoms with Gasteiger partial charge in [0.05, 0.1) is 10.7 Å². The lowest BCUT2D eigenvalue weighted by Crippen LogP contribution is -2.25. The molecule has 0 aliphatic heterocycles. The lowest BCUT2D eigenvalue weighted by Gasteiger charge is -2.08. The van der Waals surface area contributed by atoms with E-state index in [9.17, 15) is 4.79 Å². The summed E-state index contributed by atoms with van der Waals surface area (Å²) in [7, 11) is 0. The summed E-state index contributed by atoms with van der Waals surface area (Å²) in [6.45, 7) is 1.66. The zero-order chi connectivity index (χ0) is 19.9. The van der Waals surface area contributed by atoms with Crippen LogP contribution in [-0.4, -0.2) is 18.2 Å². The van der Waals surface area contributed by atoms with Crippen molar-refractivity contribution in [2.24, 2.45) is 5.10 Å². The van der Waals surface area contributed by atoms with Gasteiger partial charge in [-0.2, -0.15) is 5.10 Å². The second kappa shape index (κ2) is 9.53. The minimum Gasteiger partial charge on any atom is -0.482 e. The predicted molar refractivity (Wildman–Crippen MR) is 117 cm³/mol. The quantitative estimate of drug-likeness (QED) is 0.382. The van der Waals surface area contributed by atoms with Crippen LogP contribution in [0.15, 0.2) is 82.4 Å². The smallest absolute Gasteiger partial charge is 0.277 e. The van der Waals surface area contributed by atoms with Crippen molar-refractivity contribution in [3.05, 3.63) is 87.9 Å². The summed E-state index contributed by atoms with van der Waals surface area (Å²) >= 11 is 9.38. The number of nitrogens with one attached hydrogen (secondary N) is 1. The van der Waals surface area contributed by atoms with Gasteiger partial charge in [0.25, 0.3) is 5.91 Å². The standard InChI is InChI=1S/C22H18BrClN2O2/c1-15(16-7-9-18(10-8-16)17-5-3-2-4-6-17)25-26-22(27)14-28-21-12-11-19(23)13-20(21)24/h2-13H,14H2,1H3,(H,26,27)/b25-15+. The maximum atomic E-state index is 12.0. The first kappa shape index (κ1) is 20.1. The van der Waals surface area contributed by atoms with Crippen molar-refractivity contribution in [1.82, 2.24) is 5.43 Å². The molecule has 0 aromatic heterocycles. The van der Waals surface area contributed by atoms with Gasteiger partial charge in [-0.15, -0.1) is 0 Å². The van der Waals surface area contributed by atoms with Crippen LogP contribution >= 0.6 is 27.5 Å². The molecule has 0 heterocycles. The van der Waals surface area contributed by atoms with Crippen LogP contribution in [0.3, 0.4) is 0 Å². The Bertz CT molecular complexity index is 989. The third-order valence-corrected chi connectivity index (χ3v) is 4.80. The van der Waals surface area contributed by atoms with Crippen molar-refractivity contribution < 1.29 is 9.53 Å². The molecule has 142 valence electrons. The van der Waals surface area contributed by atoms with Gasteiger partial charge in [-0.05, 0) is 41.8 Å². The topological polar surface area (TPSA) is 50.7 Å². The lowest BCUT2D eigenvalue weighted by molar-refractivity contribution is -0.123. The van der Waals surface area contributed by atoms with E-state index >= 15 is 0 Å². The fourth-order valence-electron chi connectivity index (χ4n) is 2.51. The number of hydrogen-bond donors (Lipinski definition) is 1. The van der Waals surface area contributed by atoms with Crippen molar-refractivity contribution in [3.8, 4) is 16.9 Å². The molecule has 1 N–H and O–H groups in total. The Morgan fingerprint density at radius 1 is 1.04 bits per heavy atom. The van der Waals surface area contributed by atoms with Crippen LogP contribution in [0.25, 0.3) is 11.1 Å². The Hall–Kier alpha value is -2.63. The second-order valence-electron chi connectivity index (χ2n) is 6.04. The van der Waals surface area contributed by atoms with Crippen molar-refractivity contribution >= 4 is 39.1 Å². The van der Waals surface area contributed by atoms with Gasteiger partial charge in [0.2, 0.25) is 0 Å². The number of halogens is 2. The molecule has 0 spiro atoms. The lowest BCUT2D eigenvalue weighted by atomic mass is 10.0. The SMILES string of the molecule is C/C(=N\NC(=O)COc1ccc(Br)cc1Cl)c1ccc(-c2ccccc2)cc1. The molecule has 0 unspecified atom stereocenters. The molecule has 3 aromatic rings. The van der Waals surface area contributed by atoms with Crippen molar-refractivity contribution in [1.29, 1.82) is 0 Å². The highest BCUT2D eigenvalue weighted by molar-refractivity contribution is 9.10. The summed E-state index contributed by atoms with van der Waals surface area (Å²) in [6, 6.07) is 23.3. The maximum absolute atomic E-state index is 12.0. The molecule has 4 nitrogen and oxygen atoms in total. The van der Waals surface area contributed by atoms with Gasteiger partial charge in [0.15, 0.2) is 6.61 Å². The summed E-state index contributed by atoms with van der Waals surface area (Å²) in [6.07, 6.45) is 0. The van der Waals surface area contributed by atoms with Crippen LogP contribution in [0, 0.1) is 0 Å². The normalized spacial score (nSPS) is 11.2. The third kappa shape index (κ3) is 5.44. The van der Waals surface area contributed by atoms with E-state index in [1.54, 1.807) is 18.2 Å². The van der Waals surface area contributed by atoms with Gasteiger partial charge < -0.3 is 4.74 Å². The van der Waals surface area contributed by atoms with E-state index in [4.69, 9.17) is 16.3 Å². The molecule has 0 fully saturated rings. The number of amides is 1. The van der Waals surface area contributed by atoms with Gasteiger partial charge in [0.1, 0.15) is 5.75 Å². The van der Waals surface area contributed by atoms with E-state index < -0.39 is 0 Å². The molecule has 6 heteroatoms. The number of hydrogen-bond acceptors (Lipinski definition) is 3. The van der Waals surface area contributed by atoms with Gasteiger partial charge in [-0.3, -0.25) is 4.79 Å². The molecule has 3 aromatic carbocycles. The molecule has 3 rings (SSSR count). The Balaban J connectivity index is 1.56. The predicted octanol–water partition coefficient (Wildman–Crippen LogP) is 5.69. The molecular weight excluding hydrogens is 440 g/mol. The number of rotatable bonds is 6. The van der Waals surface area contributed by atoms with E-state index in [0.29, 0.717) is 16.5 Å². The fourth-order valence-corrected chi connectivity index (χ4v) is 3.24. The molecule has 0 aliphatic carbocycles. The van der Waals surface area contributed by atoms with Crippen LogP contribution in [-0.2, 0) is 4.79 Å². The average Bonchev–Trinajstić information content (AvgIpc) is 2.72. The van der Waals surface area contributed by atoms with E-state index in [0.717, 1.165) is 21.2 Å². The molecule has 28 heavy (non-hydrogen) atoms. The molecule has 0 saturated carbocycles. The van der Waals surface area contributed by atoms with Crippen molar-refractivity contribution in [2.75, 3.05) is 6.61 Å². The molecule has 0 radical (unpaired) electrons.